The Hall–Kier alpha value is -2.83. The van der Waals surface area contributed by atoms with E-state index in [9.17, 15) is 9.59 Å². The van der Waals surface area contributed by atoms with E-state index in [2.05, 4.69) is 37.8 Å². The van der Waals surface area contributed by atoms with Crippen molar-refractivity contribution in [1.29, 1.82) is 0 Å². The maximum absolute atomic E-state index is 13.3. The van der Waals surface area contributed by atoms with Gasteiger partial charge in [0.15, 0.2) is 11.2 Å². The van der Waals surface area contributed by atoms with Gasteiger partial charge in [-0.1, -0.05) is 51.1 Å². The number of aromatic nitrogens is 4. The van der Waals surface area contributed by atoms with Gasteiger partial charge >= 0.3 is 5.69 Å². The summed E-state index contributed by atoms with van der Waals surface area (Å²) in [6, 6.07) is 10.3. The van der Waals surface area contributed by atoms with Gasteiger partial charge in [0.05, 0.1) is 0 Å². The fraction of sp³-hybridized carbons (Fsp3) is 0.500. The zero-order valence-corrected chi connectivity index (χ0v) is 17.6. The number of hydrogen-bond acceptors (Lipinski definition) is 4. The first-order valence-corrected chi connectivity index (χ1v) is 10.4. The first kappa shape index (κ1) is 19.5. The average molecular weight is 396 g/mol. The predicted octanol–water partition coefficient (Wildman–Crippen LogP) is 2.60. The van der Waals surface area contributed by atoms with Crippen molar-refractivity contribution in [3.05, 3.63) is 56.7 Å². The van der Waals surface area contributed by atoms with Crippen LogP contribution in [0.1, 0.15) is 32.8 Å². The molecule has 0 amide bonds. The molecule has 0 saturated heterocycles. The number of benzene rings is 1. The highest BCUT2D eigenvalue weighted by molar-refractivity contribution is 5.75. The lowest BCUT2D eigenvalue weighted by atomic mass is 10.1. The monoisotopic (exact) mass is 395 g/mol. The highest BCUT2D eigenvalue weighted by atomic mass is 16.2. The third kappa shape index (κ3) is 3.50. The molecule has 3 heterocycles. The molecule has 1 unspecified atom stereocenters. The lowest BCUT2D eigenvalue weighted by Crippen LogP contribution is -2.41. The van der Waals surface area contributed by atoms with Gasteiger partial charge in [0.2, 0.25) is 5.95 Å². The Morgan fingerprint density at radius 1 is 1.14 bits per heavy atom. The zero-order valence-electron chi connectivity index (χ0n) is 17.6. The molecule has 0 aliphatic carbocycles. The highest BCUT2D eigenvalue weighted by Gasteiger charge is 2.29. The predicted molar refractivity (Wildman–Crippen MR) is 115 cm³/mol. The minimum absolute atomic E-state index is 0.226. The smallest absolute Gasteiger partial charge is 0.332 e. The fourth-order valence-electron chi connectivity index (χ4n) is 4.13. The molecule has 1 aromatic carbocycles. The second-order valence-electron chi connectivity index (χ2n) is 8.65. The van der Waals surface area contributed by atoms with Crippen molar-refractivity contribution in [3.63, 3.8) is 0 Å². The molecule has 3 aromatic rings. The molecule has 4 rings (SSSR count). The molecular formula is C22H29N5O2. The van der Waals surface area contributed by atoms with E-state index in [1.165, 1.54) is 14.7 Å². The van der Waals surface area contributed by atoms with Crippen LogP contribution in [-0.2, 0) is 26.7 Å². The van der Waals surface area contributed by atoms with Crippen LogP contribution < -0.4 is 16.1 Å². The first-order chi connectivity index (χ1) is 13.9. The standard InChI is InChI=1S/C22H29N5O2/c1-15(2)10-11-26-20(28)18-19(24(4)22(26)29)23-21-25(12-16(3)13-27(18)21)14-17-8-6-5-7-9-17/h5-9,15-16H,10-14H2,1-4H3. The van der Waals surface area contributed by atoms with Crippen LogP contribution >= 0.6 is 0 Å². The molecule has 2 aromatic heterocycles. The number of aryl methyl sites for hydroxylation is 1. The number of rotatable bonds is 5. The highest BCUT2D eigenvalue weighted by Crippen LogP contribution is 2.28. The van der Waals surface area contributed by atoms with Gasteiger partial charge in [0.25, 0.3) is 5.56 Å². The summed E-state index contributed by atoms with van der Waals surface area (Å²) in [5.41, 5.74) is 1.69. The molecule has 0 N–H and O–H groups in total. The van der Waals surface area contributed by atoms with Crippen molar-refractivity contribution in [3.8, 4) is 0 Å². The zero-order chi connectivity index (χ0) is 20.7. The van der Waals surface area contributed by atoms with E-state index < -0.39 is 0 Å². The number of fused-ring (bicyclic) bond motifs is 3. The number of nitrogens with zero attached hydrogens (tertiary/aromatic N) is 5. The van der Waals surface area contributed by atoms with Crippen molar-refractivity contribution in [2.75, 3.05) is 11.4 Å². The van der Waals surface area contributed by atoms with Crippen LogP contribution in [0.4, 0.5) is 5.95 Å². The SMILES string of the molecule is CC(C)CCn1c(=O)c2c(nc3n2CC(C)CN3Cc2ccccc2)n(C)c1=O. The summed E-state index contributed by atoms with van der Waals surface area (Å²) in [4.78, 5) is 33.1. The fourth-order valence-corrected chi connectivity index (χ4v) is 4.13. The van der Waals surface area contributed by atoms with Gasteiger partial charge in [0, 0.05) is 33.2 Å². The average Bonchev–Trinajstić information content (AvgIpc) is 3.06. The third-order valence-electron chi connectivity index (χ3n) is 5.67. The summed E-state index contributed by atoms with van der Waals surface area (Å²) < 4.78 is 4.91. The molecule has 7 heteroatoms. The van der Waals surface area contributed by atoms with Gasteiger partial charge in [-0.25, -0.2) is 4.79 Å². The van der Waals surface area contributed by atoms with Gasteiger partial charge in [-0.15, -0.1) is 0 Å². The summed E-state index contributed by atoms with van der Waals surface area (Å²) in [6.07, 6.45) is 0.790. The van der Waals surface area contributed by atoms with Gasteiger partial charge in [-0.2, -0.15) is 4.98 Å². The third-order valence-corrected chi connectivity index (χ3v) is 5.67. The molecule has 0 saturated carbocycles. The Morgan fingerprint density at radius 3 is 2.55 bits per heavy atom. The summed E-state index contributed by atoms with van der Waals surface area (Å²) >= 11 is 0. The maximum atomic E-state index is 13.3. The second kappa shape index (κ2) is 7.54. The van der Waals surface area contributed by atoms with E-state index in [0.29, 0.717) is 29.5 Å². The van der Waals surface area contributed by atoms with Gasteiger partial charge < -0.3 is 9.47 Å². The van der Waals surface area contributed by atoms with E-state index in [4.69, 9.17) is 4.98 Å². The molecule has 1 atom stereocenters. The van der Waals surface area contributed by atoms with Gasteiger partial charge in [0.1, 0.15) is 0 Å². The molecule has 29 heavy (non-hydrogen) atoms. The summed E-state index contributed by atoms with van der Waals surface area (Å²) in [5.74, 6) is 1.57. The van der Waals surface area contributed by atoms with Crippen molar-refractivity contribution < 1.29 is 0 Å². The van der Waals surface area contributed by atoms with E-state index in [-0.39, 0.29) is 11.2 Å². The summed E-state index contributed by atoms with van der Waals surface area (Å²) in [6.45, 7) is 9.14. The molecule has 0 spiro atoms. The lowest BCUT2D eigenvalue weighted by molar-refractivity contribution is 0.434. The van der Waals surface area contributed by atoms with Crippen molar-refractivity contribution in [1.82, 2.24) is 18.7 Å². The van der Waals surface area contributed by atoms with Crippen molar-refractivity contribution in [2.45, 2.75) is 46.8 Å². The Balaban J connectivity index is 1.86. The van der Waals surface area contributed by atoms with Crippen LogP contribution in [0, 0.1) is 11.8 Å². The van der Waals surface area contributed by atoms with Crippen LogP contribution in [0.2, 0.25) is 0 Å². The molecule has 0 fully saturated rings. The molecule has 0 radical (unpaired) electrons. The molecule has 7 nitrogen and oxygen atoms in total. The van der Waals surface area contributed by atoms with E-state index >= 15 is 0 Å². The second-order valence-corrected chi connectivity index (χ2v) is 8.65. The summed E-state index contributed by atoms with van der Waals surface area (Å²) in [7, 11) is 1.71. The van der Waals surface area contributed by atoms with Crippen molar-refractivity contribution in [2.24, 2.45) is 18.9 Å². The number of anilines is 1. The lowest BCUT2D eigenvalue weighted by Gasteiger charge is -2.33. The largest absolute Gasteiger partial charge is 0.338 e. The molecule has 1 aliphatic heterocycles. The van der Waals surface area contributed by atoms with Gasteiger partial charge in [-0.3, -0.25) is 13.9 Å². The maximum Gasteiger partial charge on any atom is 0.332 e. The Labute approximate surface area is 170 Å². The Bertz CT molecular complexity index is 1140. The Morgan fingerprint density at radius 2 is 1.86 bits per heavy atom. The number of imidazole rings is 1. The van der Waals surface area contributed by atoms with E-state index in [0.717, 1.165) is 32.0 Å². The quantitative estimate of drug-likeness (QED) is 0.666. The van der Waals surface area contributed by atoms with E-state index in [1.807, 2.05) is 22.8 Å². The number of hydrogen-bond donors (Lipinski definition) is 0. The normalized spacial score (nSPS) is 16.6. The first-order valence-electron chi connectivity index (χ1n) is 10.4. The van der Waals surface area contributed by atoms with Crippen LogP contribution in [0.3, 0.4) is 0 Å². The van der Waals surface area contributed by atoms with Crippen LogP contribution in [0.25, 0.3) is 11.2 Å². The van der Waals surface area contributed by atoms with Crippen molar-refractivity contribution >= 4 is 17.1 Å². The minimum atomic E-state index is -0.291. The van der Waals surface area contributed by atoms with Crippen LogP contribution in [0.5, 0.6) is 0 Å². The van der Waals surface area contributed by atoms with Crippen LogP contribution in [0.15, 0.2) is 39.9 Å². The molecule has 0 bridgehead atoms. The van der Waals surface area contributed by atoms with E-state index in [1.54, 1.807) is 7.05 Å². The summed E-state index contributed by atoms with van der Waals surface area (Å²) in [5, 5.41) is 0. The van der Waals surface area contributed by atoms with Crippen LogP contribution in [-0.4, -0.2) is 25.2 Å². The van der Waals surface area contributed by atoms with Gasteiger partial charge in [-0.05, 0) is 23.8 Å². The molecule has 1 aliphatic rings. The molecular weight excluding hydrogens is 366 g/mol. The molecule has 154 valence electrons. The Kier molecular flexibility index (Phi) is 5.06. The topological polar surface area (TPSA) is 65.1 Å². The minimum Gasteiger partial charge on any atom is -0.338 e.